The van der Waals surface area contributed by atoms with Gasteiger partial charge in [0.2, 0.25) is 5.91 Å². The molecule has 160 valence electrons. The summed E-state index contributed by atoms with van der Waals surface area (Å²) in [7, 11) is 0. The molecule has 1 aliphatic heterocycles. The number of piperazine rings is 1. The molecule has 3 rings (SSSR count). The average molecular weight is 411 g/mol. The molecular weight excluding hydrogens is 380 g/mol. The lowest BCUT2D eigenvalue weighted by atomic mass is 9.97. The molecular formula is C23H30N4O3. The molecule has 30 heavy (non-hydrogen) atoms. The second kappa shape index (κ2) is 10.6. The summed E-state index contributed by atoms with van der Waals surface area (Å²) in [5.74, 6) is -0.0320. The molecule has 0 saturated carbocycles. The number of carbonyl (C=O) groups is 2. The fraction of sp³-hybridized carbons (Fsp3) is 0.435. The molecule has 0 bridgehead atoms. The first-order valence-electron chi connectivity index (χ1n) is 10.5. The third-order valence-corrected chi connectivity index (χ3v) is 5.58. The lowest BCUT2D eigenvalue weighted by Gasteiger charge is -2.38. The Hall–Kier alpha value is -3.09. The van der Waals surface area contributed by atoms with Gasteiger partial charge in [0.1, 0.15) is 12.6 Å². The van der Waals surface area contributed by atoms with E-state index in [1.807, 2.05) is 61.2 Å². The van der Waals surface area contributed by atoms with Gasteiger partial charge < -0.3 is 19.9 Å². The number of amides is 2. The number of ether oxygens (including phenoxy) is 1. The van der Waals surface area contributed by atoms with E-state index in [1.54, 1.807) is 12.4 Å². The SMILES string of the molecule is CC[C@H](C)[C@H](NC(=O)OCc1ccccc1)C(=O)N1CCN(c2ccncc2)CC1. The predicted octanol–water partition coefficient (Wildman–Crippen LogP) is 3.07. The van der Waals surface area contributed by atoms with Gasteiger partial charge in [0.15, 0.2) is 0 Å². The summed E-state index contributed by atoms with van der Waals surface area (Å²) in [5.41, 5.74) is 2.02. The minimum atomic E-state index is -0.592. The lowest BCUT2D eigenvalue weighted by Crippen LogP contribution is -2.56. The van der Waals surface area contributed by atoms with Crippen LogP contribution < -0.4 is 10.2 Å². The lowest BCUT2D eigenvalue weighted by molar-refractivity contribution is -0.135. The number of benzene rings is 1. The average Bonchev–Trinajstić information content (AvgIpc) is 2.81. The fourth-order valence-corrected chi connectivity index (χ4v) is 3.51. The van der Waals surface area contributed by atoms with Gasteiger partial charge in [0, 0.05) is 44.3 Å². The molecule has 1 aliphatic rings. The zero-order valence-corrected chi connectivity index (χ0v) is 17.7. The smallest absolute Gasteiger partial charge is 0.408 e. The molecule has 7 heteroatoms. The number of aromatic nitrogens is 1. The summed E-state index contributed by atoms with van der Waals surface area (Å²) in [4.78, 5) is 33.7. The van der Waals surface area contributed by atoms with Crippen molar-refractivity contribution in [2.75, 3.05) is 31.1 Å². The molecule has 1 saturated heterocycles. The van der Waals surface area contributed by atoms with Crippen LogP contribution in [-0.4, -0.2) is 54.1 Å². The maximum atomic E-state index is 13.2. The Labute approximate surface area is 178 Å². The van der Waals surface area contributed by atoms with E-state index in [0.29, 0.717) is 13.1 Å². The van der Waals surface area contributed by atoms with Crippen molar-refractivity contribution in [3.05, 3.63) is 60.4 Å². The van der Waals surface area contributed by atoms with Gasteiger partial charge in [-0.25, -0.2) is 4.79 Å². The Bertz CT molecular complexity index is 808. The van der Waals surface area contributed by atoms with Gasteiger partial charge >= 0.3 is 6.09 Å². The highest BCUT2D eigenvalue weighted by Gasteiger charge is 2.32. The zero-order valence-electron chi connectivity index (χ0n) is 17.7. The number of carbonyl (C=O) groups excluding carboxylic acids is 2. The van der Waals surface area contributed by atoms with Gasteiger partial charge in [-0.2, -0.15) is 0 Å². The van der Waals surface area contributed by atoms with Crippen LogP contribution in [0.15, 0.2) is 54.9 Å². The molecule has 1 fully saturated rings. The number of hydrogen-bond donors (Lipinski definition) is 1. The molecule has 0 radical (unpaired) electrons. The topological polar surface area (TPSA) is 74.8 Å². The third-order valence-electron chi connectivity index (χ3n) is 5.58. The maximum Gasteiger partial charge on any atom is 0.408 e. The monoisotopic (exact) mass is 410 g/mol. The van der Waals surface area contributed by atoms with Gasteiger partial charge in [0.25, 0.3) is 0 Å². The molecule has 0 unspecified atom stereocenters. The van der Waals surface area contributed by atoms with Gasteiger partial charge in [-0.1, -0.05) is 50.6 Å². The standard InChI is InChI=1S/C23H30N4O3/c1-3-18(2)21(25-23(29)30-17-19-7-5-4-6-8-19)22(28)27-15-13-26(14-16-27)20-9-11-24-12-10-20/h4-12,18,21H,3,13-17H2,1-2H3,(H,25,29)/t18-,21-/m0/s1. The Balaban J connectivity index is 1.55. The van der Waals surface area contributed by atoms with E-state index in [2.05, 4.69) is 15.2 Å². The van der Waals surface area contributed by atoms with Gasteiger partial charge in [-0.3, -0.25) is 9.78 Å². The Morgan fingerprint density at radius 1 is 1.07 bits per heavy atom. The van der Waals surface area contributed by atoms with Crippen LogP contribution in [0.4, 0.5) is 10.5 Å². The molecule has 2 aromatic rings. The van der Waals surface area contributed by atoms with Gasteiger partial charge in [-0.05, 0) is 23.6 Å². The van der Waals surface area contributed by atoms with Crippen molar-refractivity contribution in [1.29, 1.82) is 0 Å². The van der Waals surface area contributed by atoms with E-state index >= 15 is 0 Å². The predicted molar refractivity (Wildman–Crippen MR) is 116 cm³/mol. The van der Waals surface area contributed by atoms with Crippen molar-refractivity contribution in [1.82, 2.24) is 15.2 Å². The number of nitrogens with one attached hydrogen (secondary N) is 1. The minimum Gasteiger partial charge on any atom is -0.445 e. The third kappa shape index (κ3) is 5.72. The highest BCUT2D eigenvalue weighted by molar-refractivity contribution is 5.86. The second-order valence-corrected chi connectivity index (χ2v) is 7.59. The number of nitrogens with zero attached hydrogens (tertiary/aromatic N) is 3. The Morgan fingerprint density at radius 2 is 1.73 bits per heavy atom. The molecule has 2 heterocycles. The highest BCUT2D eigenvalue weighted by atomic mass is 16.5. The first-order chi connectivity index (χ1) is 14.6. The van der Waals surface area contributed by atoms with Crippen molar-refractivity contribution in [3.8, 4) is 0 Å². The van der Waals surface area contributed by atoms with Crippen molar-refractivity contribution < 1.29 is 14.3 Å². The van der Waals surface area contributed by atoms with Crippen molar-refractivity contribution in [2.45, 2.75) is 32.9 Å². The van der Waals surface area contributed by atoms with Gasteiger partial charge in [0.05, 0.1) is 0 Å². The summed E-state index contributed by atoms with van der Waals surface area (Å²) < 4.78 is 5.33. The Kier molecular flexibility index (Phi) is 7.65. The molecule has 2 amide bonds. The van der Waals surface area contributed by atoms with Crippen LogP contribution in [-0.2, 0) is 16.1 Å². The number of alkyl carbamates (subject to hydrolysis) is 1. The molecule has 0 spiro atoms. The van der Waals surface area contributed by atoms with Crippen LogP contribution in [0.2, 0.25) is 0 Å². The molecule has 2 atom stereocenters. The molecule has 0 aliphatic carbocycles. The van der Waals surface area contributed by atoms with Gasteiger partial charge in [-0.15, -0.1) is 0 Å². The summed E-state index contributed by atoms with van der Waals surface area (Å²) in [6.45, 7) is 6.92. The fourth-order valence-electron chi connectivity index (χ4n) is 3.51. The van der Waals surface area contributed by atoms with Crippen LogP contribution in [0.1, 0.15) is 25.8 Å². The van der Waals surface area contributed by atoms with Crippen molar-refractivity contribution in [3.63, 3.8) is 0 Å². The maximum absolute atomic E-state index is 13.2. The van der Waals surface area contributed by atoms with Crippen LogP contribution in [0.3, 0.4) is 0 Å². The molecule has 7 nitrogen and oxygen atoms in total. The van der Waals surface area contributed by atoms with E-state index < -0.39 is 12.1 Å². The van der Waals surface area contributed by atoms with Crippen LogP contribution in [0, 0.1) is 5.92 Å². The van der Waals surface area contributed by atoms with E-state index in [-0.39, 0.29) is 18.4 Å². The van der Waals surface area contributed by atoms with Crippen molar-refractivity contribution in [2.24, 2.45) is 5.92 Å². The highest BCUT2D eigenvalue weighted by Crippen LogP contribution is 2.17. The number of pyridine rings is 1. The van der Waals surface area contributed by atoms with Crippen LogP contribution >= 0.6 is 0 Å². The summed E-state index contributed by atoms with van der Waals surface area (Å²) in [6, 6.07) is 12.9. The number of hydrogen-bond acceptors (Lipinski definition) is 5. The zero-order chi connectivity index (χ0) is 21.3. The van der Waals surface area contributed by atoms with Crippen LogP contribution in [0.25, 0.3) is 0 Å². The van der Waals surface area contributed by atoms with E-state index in [9.17, 15) is 9.59 Å². The first kappa shape index (κ1) is 21.6. The molecule has 1 aromatic heterocycles. The largest absolute Gasteiger partial charge is 0.445 e. The Morgan fingerprint density at radius 3 is 2.37 bits per heavy atom. The summed E-state index contributed by atoms with van der Waals surface area (Å²) in [6.07, 6.45) is 3.77. The first-order valence-corrected chi connectivity index (χ1v) is 10.5. The van der Waals surface area contributed by atoms with E-state index in [4.69, 9.17) is 4.74 Å². The minimum absolute atomic E-state index is 0.0139. The summed E-state index contributed by atoms with van der Waals surface area (Å²) >= 11 is 0. The molecule has 1 N–H and O–H groups in total. The molecule has 1 aromatic carbocycles. The second-order valence-electron chi connectivity index (χ2n) is 7.59. The normalized spacial score (nSPS) is 15.9. The number of rotatable bonds is 7. The number of anilines is 1. The van der Waals surface area contributed by atoms with E-state index in [1.165, 1.54) is 0 Å². The summed E-state index contributed by atoms with van der Waals surface area (Å²) in [5, 5.41) is 2.80. The van der Waals surface area contributed by atoms with E-state index in [0.717, 1.165) is 30.8 Å². The quantitative estimate of drug-likeness (QED) is 0.759. The van der Waals surface area contributed by atoms with Crippen LogP contribution in [0.5, 0.6) is 0 Å². The van der Waals surface area contributed by atoms with Crippen molar-refractivity contribution >= 4 is 17.7 Å².